The molecule has 3 rings (SSSR count). The van der Waals surface area contributed by atoms with Crippen LogP contribution in [0, 0.1) is 11.8 Å². The van der Waals surface area contributed by atoms with E-state index in [1.165, 1.54) is 0 Å². The molecule has 2 aliphatic rings. The topological polar surface area (TPSA) is 55.4 Å². The molecule has 0 aromatic heterocycles. The zero-order chi connectivity index (χ0) is 18.3. The van der Waals surface area contributed by atoms with Crippen molar-refractivity contribution in [2.24, 2.45) is 11.8 Å². The van der Waals surface area contributed by atoms with Crippen molar-refractivity contribution < 1.29 is 14.3 Å². The number of rotatable bonds is 7. The van der Waals surface area contributed by atoms with Crippen molar-refractivity contribution in [1.82, 2.24) is 5.32 Å². The van der Waals surface area contributed by atoms with Crippen molar-refractivity contribution in [3.63, 3.8) is 0 Å². The third kappa shape index (κ3) is 4.53. The number of thiol groups is 1. The van der Waals surface area contributed by atoms with E-state index in [-0.39, 0.29) is 17.7 Å². The number of imide groups is 1. The van der Waals surface area contributed by atoms with Gasteiger partial charge in [0.05, 0.1) is 13.0 Å². The largest absolute Gasteiger partial charge is 0.497 e. The summed E-state index contributed by atoms with van der Waals surface area (Å²) in [5, 5.41) is 2.49. The van der Waals surface area contributed by atoms with Crippen LogP contribution in [0.3, 0.4) is 0 Å². The number of carbonyl (C=O) groups excluding carboxylic acids is 2. The number of methoxy groups -OCH3 is 1. The summed E-state index contributed by atoms with van der Waals surface area (Å²) < 4.78 is 4.48. The molecule has 1 aromatic carbocycles. The summed E-state index contributed by atoms with van der Waals surface area (Å²) in [6.45, 7) is 2.08. The first-order valence-corrected chi connectivity index (χ1v) is 10.4. The van der Waals surface area contributed by atoms with Crippen LogP contribution in [0.25, 0.3) is 0 Å². The molecule has 1 aliphatic heterocycles. The maximum Gasteiger partial charge on any atom is 0.243 e. The van der Waals surface area contributed by atoms with Gasteiger partial charge in [-0.25, -0.2) is 0 Å². The van der Waals surface area contributed by atoms with Gasteiger partial charge in [0.15, 0.2) is 0 Å². The Morgan fingerprint density at radius 3 is 2.48 bits per heavy atom. The van der Waals surface area contributed by atoms with Crippen LogP contribution in [-0.4, -0.2) is 35.2 Å². The van der Waals surface area contributed by atoms with Gasteiger partial charge in [0.25, 0.3) is 0 Å². The van der Waals surface area contributed by atoms with E-state index in [1.54, 1.807) is 18.9 Å². The van der Waals surface area contributed by atoms with Gasteiger partial charge in [0.2, 0.25) is 11.8 Å². The Hall–Kier alpha value is -1.14. The number of hydrogen-bond donors (Lipinski definition) is 2. The molecule has 0 bridgehead atoms. The molecule has 25 heavy (non-hydrogen) atoms. The van der Waals surface area contributed by atoms with Crippen molar-refractivity contribution in [3.05, 3.63) is 30.3 Å². The Labute approximate surface area is 159 Å². The molecule has 0 radical (unpaired) electrons. The highest BCUT2D eigenvalue weighted by Crippen LogP contribution is 2.56. The molecule has 1 saturated carbocycles. The molecule has 0 unspecified atom stereocenters. The number of benzene rings is 1. The zero-order valence-electron chi connectivity index (χ0n) is 14.9. The van der Waals surface area contributed by atoms with Crippen LogP contribution in [0.2, 0.25) is 0 Å². The smallest absolute Gasteiger partial charge is 0.243 e. The molecule has 1 aliphatic carbocycles. The lowest BCUT2D eigenvalue weighted by Gasteiger charge is -2.46. The molecular formula is C19H27NO3S2. The van der Waals surface area contributed by atoms with E-state index in [0.29, 0.717) is 5.92 Å². The standard InChI is InChI=1S/C12H19NO2S2.C7H8O/c1-8-7-9-10(14)13-11(15)12(8,9)17-6-4-2-3-5-16;1-8-7-5-3-2-4-6-7/h8-9,16H,2-7H2,1H3,(H,13,14,15);2-6H,1H3/t8-,9-,12+;/m1./s1. The normalized spacial score (nSPS) is 26.8. The third-order valence-electron chi connectivity index (χ3n) is 4.87. The van der Waals surface area contributed by atoms with E-state index in [1.807, 2.05) is 30.3 Å². The number of ether oxygens (including phenoxy) is 1. The Morgan fingerprint density at radius 1 is 1.24 bits per heavy atom. The zero-order valence-corrected chi connectivity index (χ0v) is 16.6. The fraction of sp³-hybridized carbons (Fsp3) is 0.579. The summed E-state index contributed by atoms with van der Waals surface area (Å²) in [4.78, 5) is 23.5. The monoisotopic (exact) mass is 381 g/mol. The van der Waals surface area contributed by atoms with Crippen LogP contribution < -0.4 is 10.1 Å². The minimum atomic E-state index is -0.432. The first-order valence-electron chi connectivity index (χ1n) is 8.75. The van der Waals surface area contributed by atoms with Gasteiger partial charge >= 0.3 is 0 Å². The van der Waals surface area contributed by atoms with Gasteiger partial charge in [-0.3, -0.25) is 14.9 Å². The Kier molecular flexibility index (Phi) is 7.69. The lowest BCUT2D eigenvalue weighted by Crippen LogP contribution is -2.54. The van der Waals surface area contributed by atoms with Crippen LogP contribution in [0.4, 0.5) is 0 Å². The number of para-hydroxylation sites is 1. The second kappa shape index (κ2) is 9.53. The molecule has 138 valence electrons. The number of nitrogens with one attached hydrogen (secondary N) is 1. The fourth-order valence-corrected chi connectivity index (χ4v) is 5.24. The number of thioether (sulfide) groups is 1. The summed E-state index contributed by atoms with van der Waals surface area (Å²) in [5.74, 6) is 2.95. The van der Waals surface area contributed by atoms with Crippen molar-refractivity contribution in [1.29, 1.82) is 0 Å². The Bertz CT molecular complexity index is 581. The molecule has 1 N–H and O–H groups in total. The molecule has 2 fully saturated rings. The van der Waals surface area contributed by atoms with Crippen molar-refractivity contribution >= 4 is 36.2 Å². The van der Waals surface area contributed by atoms with Crippen LogP contribution in [0.1, 0.15) is 32.6 Å². The van der Waals surface area contributed by atoms with E-state index >= 15 is 0 Å². The first-order chi connectivity index (χ1) is 12.1. The molecule has 1 saturated heterocycles. The average molecular weight is 382 g/mol. The number of unbranched alkanes of at least 4 members (excludes halogenated alkanes) is 2. The predicted octanol–water partition coefficient (Wildman–Crippen LogP) is 3.57. The number of hydrogen-bond acceptors (Lipinski definition) is 5. The quantitative estimate of drug-likeness (QED) is 0.431. The molecule has 3 atom stereocenters. The van der Waals surface area contributed by atoms with E-state index in [2.05, 4.69) is 24.9 Å². The molecule has 1 heterocycles. The third-order valence-corrected chi connectivity index (χ3v) is 7.03. The van der Waals surface area contributed by atoms with Gasteiger partial charge in [0.1, 0.15) is 10.5 Å². The molecule has 0 spiro atoms. The summed E-state index contributed by atoms with van der Waals surface area (Å²) in [5.41, 5.74) is 0. The summed E-state index contributed by atoms with van der Waals surface area (Å²) >= 11 is 5.87. The lowest BCUT2D eigenvalue weighted by atomic mass is 9.66. The molecule has 1 aromatic rings. The van der Waals surface area contributed by atoms with Gasteiger partial charge in [-0.15, -0.1) is 11.8 Å². The predicted molar refractivity (Wildman–Crippen MR) is 106 cm³/mol. The first kappa shape index (κ1) is 20.2. The van der Waals surface area contributed by atoms with Crippen LogP contribution >= 0.6 is 24.4 Å². The maximum absolute atomic E-state index is 11.9. The molecule has 2 amide bonds. The lowest BCUT2D eigenvalue weighted by molar-refractivity contribution is -0.125. The van der Waals surface area contributed by atoms with Gasteiger partial charge in [-0.1, -0.05) is 31.5 Å². The molecule has 6 heteroatoms. The van der Waals surface area contributed by atoms with Gasteiger partial charge in [-0.2, -0.15) is 12.6 Å². The number of fused-ring (bicyclic) bond motifs is 1. The van der Waals surface area contributed by atoms with Crippen molar-refractivity contribution in [2.75, 3.05) is 18.6 Å². The van der Waals surface area contributed by atoms with E-state index in [9.17, 15) is 9.59 Å². The summed E-state index contributed by atoms with van der Waals surface area (Å²) in [6.07, 6.45) is 4.25. The average Bonchev–Trinajstić information content (AvgIpc) is 2.82. The van der Waals surface area contributed by atoms with Crippen molar-refractivity contribution in [2.45, 2.75) is 37.4 Å². The molecule has 4 nitrogen and oxygen atoms in total. The van der Waals surface area contributed by atoms with Gasteiger partial charge < -0.3 is 4.74 Å². The minimum absolute atomic E-state index is 0.0505. The highest BCUT2D eigenvalue weighted by Gasteiger charge is 2.65. The minimum Gasteiger partial charge on any atom is -0.497 e. The number of carbonyl (C=O) groups is 2. The van der Waals surface area contributed by atoms with Crippen molar-refractivity contribution in [3.8, 4) is 5.75 Å². The van der Waals surface area contributed by atoms with Crippen LogP contribution in [0.15, 0.2) is 30.3 Å². The maximum atomic E-state index is 11.9. The molecular weight excluding hydrogens is 354 g/mol. The highest BCUT2D eigenvalue weighted by atomic mass is 32.2. The van der Waals surface area contributed by atoms with Gasteiger partial charge in [0, 0.05) is 0 Å². The Balaban J connectivity index is 0.000000236. The summed E-state index contributed by atoms with van der Waals surface area (Å²) in [7, 11) is 1.66. The fourth-order valence-electron chi connectivity index (χ4n) is 3.36. The number of amides is 2. The van der Waals surface area contributed by atoms with Gasteiger partial charge in [-0.05, 0) is 48.8 Å². The van der Waals surface area contributed by atoms with E-state index in [4.69, 9.17) is 4.74 Å². The van der Waals surface area contributed by atoms with E-state index in [0.717, 1.165) is 42.9 Å². The van der Waals surface area contributed by atoms with E-state index < -0.39 is 4.75 Å². The second-order valence-corrected chi connectivity index (χ2v) is 8.27. The second-order valence-electron chi connectivity index (χ2n) is 6.45. The van der Waals surface area contributed by atoms with Crippen LogP contribution in [-0.2, 0) is 9.59 Å². The van der Waals surface area contributed by atoms with Crippen LogP contribution in [0.5, 0.6) is 5.75 Å². The SMILES string of the molecule is COc1ccccc1.C[C@@H]1C[C@@H]2C(=O)NC(=O)[C@]12SCCCCCS. The summed E-state index contributed by atoms with van der Waals surface area (Å²) in [6, 6.07) is 9.68. The Morgan fingerprint density at radius 2 is 1.96 bits per heavy atom. The highest BCUT2D eigenvalue weighted by molar-refractivity contribution is 8.01.